The molecule has 0 spiro atoms. The summed E-state index contributed by atoms with van der Waals surface area (Å²) in [5.41, 5.74) is 2.87. The third kappa shape index (κ3) is 10.2. The van der Waals surface area contributed by atoms with E-state index in [-0.39, 0.29) is 43.1 Å². The number of aromatic nitrogens is 1. The van der Waals surface area contributed by atoms with Crippen LogP contribution in [0.1, 0.15) is 25.0 Å². The third-order valence-electron chi connectivity index (χ3n) is 5.07. The molecule has 2 rings (SSSR count). The lowest BCUT2D eigenvalue weighted by molar-refractivity contribution is -0.684. The molecule has 1 atom stereocenters. The Morgan fingerprint density at radius 3 is 2.14 bits per heavy atom. The molecular formula is C26H34N3O6S+. The number of nitrogens with one attached hydrogen (secondary N) is 1. The molecule has 0 aliphatic heterocycles. The molecule has 0 saturated heterocycles. The fourth-order valence-electron chi connectivity index (χ4n) is 3.30. The van der Waals surface area contributed by atoms with Crippen LogP contribution in [0.15, 0.2) is 48.8 Å². The second kappa shape index (κ2) is 15.7. The topological polar surface area (TPSA) is 120 Å². The van der Waals surface area contributed by atoms with Crippen LogP contribution in [-0.2, 0) is 25.7 Å². The van der Waals surface area contributed by atoms with E-state index in [2.05, 4.69) is 5.32 Å². The van der Waals surface area contributed by atoms with E-state index in [1.165, 1.54) is 6.92 Å². The lowest BCUT2D eigenvalue weighted by Crippen LogP contribution is -2.49. The summed E-state index contributed by atoms with van der Waals surface area (Å²) in [6, 6.07) is 10.7. The first-order valence-electron chi connectivity index (χ1n) is 11.7. The van der Waals surface area contributed by atoms with Crippen molar-refractivity contribution in [3.8, 4) is 0 Å². The molecule has 2 aromatic rings. The number of pyridine rings is 1. The van der Waals surface area contributed by atoms with Crippen molar-refractivity contribution in [2.75, 3.05) is 43.6 Å². The summed E-state index contributed by atoms with van der Waals surface area (Å²) in [6.07, 6.45) is 7.46. The minimum absolute atomic E-state index is 0.0161. The maximum Gasteiger partial charge on any atom is 0.329 e. The second-order valence-corrected chi connectivity index (χ2v) is 9.03. The summed E-state index contributed by atoms with van der Waals surface area (Å²) in [5, 5.41) is 20.9. The van der Waals surface area contributed by atoms with Gasteiger partial charge in [-0.05, 0) is 30.2 Å². The van der Waals surface area contributed by atoms with Gasteiger partial charge >= 0.3 is 5.97 Å². The SMILES string of the molecule is CCOC(=O)C(CSC(C)=O)NC(=O)C[n+]1ccc(C=Cc2ccc(N(CCO)CCO)cc2)cc1. The lowest BCUT2D eigenvalue weighted by Gasteiger charge is -2.22. The monoisotopic (exact) mass is 516 g/mol. The first-order chi connectivity index (χ1) is 17.4. The molecule has 36 heavy (non-hydrogen) atoms. The molecule has 1 aromatic heterocycles. The van der Waals surface area contributed by atoms with Crippen LogP contribution in [0.5, 0.6) is 0 Å². The van der Waals surface area contributed by atoms with Crippen LogP contribution < -0.4 is 14.8 Å². The molecule has 0 radical (unpaired) electrons. The number of hydrogen-bond donors (Lipinski definition) is 3. The van der Waals surface area contributed by atoms with Gasteiger partial charge in [-0.15, -0.1) is 0 Å². The smallest absolute Gasteiger partial charge is 0.329 e. The molecule has 3 N–H and O–H groups in total. The Balaban J connectivity index is 1.95. The number of carbonyl (C=O) groups excluding carboxylic acids is 3. The van der Waals surface area contributed by atoms with E-state index >= 15 is 0 Å². The lowest BCUT2D eigenvalue weighted by atomic mass is 10.1. The van der Waals surface area contributed by atoms with Crippen LogP contribution in [0, 0.1) is 0 Å². The Bertz CT molecular complexity index is 1010. The van der Waals surface area contributed by atoms with Gasteiger partial charge in [0.25, 0.3) is 5.91 Å². The first-order valence-corrected chi connectivity index (χ1v) is 12.7. The molecule has 1 amide bonds. The van der Waals surface area contributed by atoms with E-state index < -0.39 is 12.0 Å². The highest BCUT2D eigenvalue weighted by Gasteiger charge is 2.24. The number of aliphatic hydroxyl groups is 2. The number of nitrogens with zero attached hydrogens (tertiary/aromatic N) is 2. The highest BCUT2D eigenvalue weighted by atomic mass is 32.2. The van der Waals surface area contributed by atoms with Gasteiger partial charge in [0.2, 0.25) is 6.54 Å². The zero-order chi connectivity index (χ0) is 26.3. The van der Waals surface area contributed by atoms with Crippen LogP contribution in [0.3, 0.4) is 0 Å². The van der Waals surface area contributed by atoms with E-state index in [1.807, 2.05) is 53.5 Å². The number of carbonyl (C=O) groups is 3. The second-order valence-electron chi connectivity index (χ2n) is 7.84. The van der Waals surface area contributed by atoms with E-state index in [1.54, 1.807) is 23.9 Å². The highest BCUT2D eigenvalue weighted by molar-refractivity contribution is 8.13. The van der Waals surface area contributed by atoms with Gasteiger partial charge in [0.1, 0.15) is 6.04 Å². The standard InChI is InChI=1S/C26H33N3O6S/c1-3-35-26(34)24(19-36-20(2)32)27-25(33)18-28-12-10-22(11-13-28)5-4-21-6-8-23(9-7-21)29(14-16-30)15-17-31/h4-13,24,30-31H,3,14-19H2,1-2H3/p+1. The van der Waals surface area contributed by atoms with Crippen LogP contribution in [0.2, 0.25) is 0 Å². The van der Waals surface area contributed by atoms with Crippen LogP contribution in [0.4, 0.5) is 5.69 Å². The zero-order valence-electron chi connectivity index (χ0n) is 20.6. The summed E-state index contributed by atoms with van der Waals surface area (Å²) >= 11 is 0.962. The highest BCUT2D eigenvalue weighted by Crippen LogP contribution is 2.16. The van der Waals surface area contributed by atoms with Crippen molar-refractivity contribution >= 4 is 46.6 Å². The summed E-state index contributed by atoms with van der Waals surface area (Å²) in [6.45, 7) is 4.24. The number of rotatable bonds is 14. The van der Waals surface area contributed by atoms with Gasteiger partial charge in [0, 0.05) is 43.6 Å². The molecule has 0 fully saturated rings. The summed E-state index contributed by atoms with van der Waals surface area (Å²) in [7, 11) is 0. The summed E-state index contributed by atoms with van der Waals surface area (Å²) in [4.78, 5) is 37.7. The van der Waals surface area contributed by atoms with E-state index in [0.29, 0.717) is 13.1 Å². The van der Waals surface area contributed by atoms with Crippen molar-refractivity contribution in [3.63, 3.8) is 0 Å². The average Bonchev–Trinajstić information content (AvgIpc) is 2.86. The molecular weight excluding hydrogens is 482 g/mol. The number of amides is 1. The van der Waals surface area contributed by atoms with Crippen molar-refractivity contribution in [2.45, 2.75) is 26.4 Å². The normalized spacial score (nSPS) is 11.8. The third-order valence-corrected chi connectivity index (χ3v) is 5.98. The van der Waals surface area contributed by atoms with E-state index in [4.69, 9.17) is 4.74 Å². The fourth-order valence-corrected chi connectivity index (χ4v) is 3.92. The Morgan fingerprint density at radius 1 is 1.03 bits per heavy atom. The number of esters is 1. The minimum Gasteiger partial charge on any atom is -0.464 e. The zero-order valence-corrected chi connectivity index (χ0v) is 21.4. The predicted octanol–water partition coefficient (Wildman–Crippen LogP) is 1.26. The number of hydrogen-bond acceptors (Lipinski definition) is 8. The Hall–Kier alpha value is -3.21. The van der Waals surface area contributed by atoms with Crippen molar-refractivity contribution in [1.29, 1.82) is 0 Å². The minimum atomic E-state index is -0.889. The Labute approximate surface area is 215 Å². The number of benzene rings is 1. The van der Waals surface area contributed by atoms with Gasteiger partial charge in [0.15, 0.2) is 17.5 Å². The number of aliphatic hydroxyl groups excluding tert-OH is 2. The van der Waals surface area contributed by atoms with Crippen molar-refractivity contribution in [2.24, 2.45) is 0 Å². The van der Waals surface area contributed by atoms with Gasteiger partial charge < -0.3 is 25.2 Å². The largest absolute Gasteiger partial charge is 0.464 e. The number of thioether (sulfide) groups is 1. The molecule has 0 aliphatic carbocycles. The van der Waals surface area contributed by atoms with Gasteiger partial charge in [-0.1, -0.05) is 36.0 Å². The molecule has 194 valence electrons. The van der Waals surface area contributed by atoms with E-state index in [9.17, 15) is 24.6 Å². The van der Waals surface area contributed by atoms with Crippen molar-refractivity contribution < 1.29 is 33.9 Å². The Kier molecular flexibility index (Phi) is 12.7. The van der Waals surface area contributed by atoms with E-state index in [0.717, 1.165) is 28.6 Å². The quantitative estimate of drug-likeness (QED) is 0.254. The maximum absolute atomic E-state index is 12.5. The molecule has 0 aliphatic rings. The Morgan fingerprint density at radius 2 is 1.61 bits per heavy atom. The van der Waals surface area contributed by atoms with Crippen molar-refractivity contribution in [3.05, 3.63) is 59.9 Å². The molecule has 1 aromatic carbocycles. The predicted molar refractivity (Wildman–Crippen MR) is 140 cm³/mol. The number of ether oxygens (including phenoxy) is 1. The molecule has 1 unspecified atom stereocenters. The molecule has 0 saturated carbocycles. The molecule has 1 heterocycles. The van der Waals surface area contributed by atoms with Crippen LogP contribution in [-0.4, -0.2) is 71.9 Å². The van der Waals surface area contributed by atoms with Gasteiger partial charge in [0.05, 0.1) is 19.8 Å². The first kappa shape index (κ1) is 29.0. The average molecular weight is 517 g/mol. The molecule has 9 nitrogen and oxygen atoms in total. The summed E-state index contributed by atoms with van der Waals surface area (Å²) in [5.74, 6) is -0.800. The maximum atomic E-state index is 12.5. The van der Waals surface area contributed by atoms with Gasteiger partial charge in [-0.3, -0.25) is 9.59 Å². The van der Waals surface area contributed by atoms with Gasteiger partial charge in [-0.2, -0.15) is 4.57 Å². The van der Waals surface area contributed by atoms with Crippen molar-refractivity contribution in [1.82, 2.24) is 5.32 Å². The van der Waals surface area contributed by atoms with Crippen LogP contribution in [0.25, 0.3) is 12.2 Å². The fraction of sp³-hybridized carbons (Fsp3) is 0.385. The van der Waals surface area contributed by atoms with Gasteiger partial charge in [-0.25, -0.2) is 4.79 Å². The summed E-state index contributed by atoms with van der Waals surface area (Å²) < 4.78 is 6.68. The molecule has 0 bridgehead atoms. The van der Waals surface area contributed by atoms with Crippen LogP contribution >= 0.6 is 11.8 Å². The molecule has 10 heteroatoms. The number of anilines is 1.